The van der Waals surface area contributed by atoms with E-state index in [1.165, 1.54) is 11.9 Å². The minimum atomic E-state index is -0.698. The first-order chi connectivity index (χ1) is 14.0. The smallest absolute Gasteiger partial charge is 0.261 e. The number of para-hydroxylation sites is 1. The maximum absolute atomic E-state index is 13.1. The Morgan fingerprint density at radius 2 is 1.80 bits per heavy atom. The van der Waals surface area contributed by atoms with Gasteiger partial charge in [-0.15, -0.1) is 0 Å². The molecular weight excluding hydrogens is 423 g/mol. The van der Waals surface area contributed by atoms with Crippen molar-refractivity contribution in [3.05, 3.63) is 63.6 Å². The van der Waals surface area contributed by atoms with Gasteiger partial charge in [-0.25, -0.2) is 0 Å². The predicted octanol–water partition coefficient (Wildman–Crippen LogP) is 4.83. The molecule has 0 aromatic heterocycles. The van der Waals surface area contributed by atoms with Crippen LogP contribution in [0.4, 0.5) is 0 Å². The van der Waals surface area contributed by atoms with Crippen molar-refractivity contribution in [1.82, 2.24) is 10.2 Å². The first-order valence-electron chi connectivity index (χ1n) is 9.72. The van der Waals surface area contributed by atoms with Gasteiger partial charge in [-0.1, -0.05) is 68.2 Å². The lowest BCUT2D eigenvalue weighted by atomic mass is 9.86. The maximum atomic E-state index is 13.1. The number of ether oxygens (including phenoxy) is 1. The zero-order valence-corrected chi connectivity index (χ0v) is 19.5. The van der Waals surface area contributed by atoms with E-state index in [-0.39, 0.29) is 30.4 Å². The second-order valence-corrected chi connectivity index (χ2v) is 8.93. The average Bonchev–Trinajstić information content (AvgIpc) is 2.70. The monoisotopic (exact) mass is 450 g/mol. The van der Waals surface area contributed by atoms with Crippen molar-refractivity contribution in [1.29, 1.82) is 0 Å². The molecule has 1 atom stereocenters. The number of nitrogens with one attached hydrogen (secondary N) is 1. The van der Waals surface area contributed by atoms with Crippen molar-refractivity contribution in [2.75, 3.05) is 13.7 Å². The van der Waals surface area contributed by atoms with Crippen LogP contribution in [0, 0.1) is 0 Å². The maximum Gasteiger partial charge on any atom is 0.261 e. The summed E-state index contributed by atoms with van der Waals surface area (Å²) >= 11 is 12.3. The van der Waals surface area contributed by atoms with Crippen LogP contribution in [0.25, 0.3) is 0 Å². The molecular formula is C23H28Cl2N2O3. The van der Waals surface area contributed by atoms with Gasteiger partial charge >= 0.3 is 0 Å². The van der Waals surface area contributed by atoms with Gasteiger partial charge < -0.3 is 15.0 Å². The molecule has 1 N–H and O–H groups in total. The highest BCUT2D eigenvalue weighted by atomic mass is 35.5. The molecule has 7 heteroatoms. The highest BCUT2D eigenvalue weighted by Crippen LogP contribution is 2.31. The topological polar surface area (TPSA) is 58.6 Å². The van der Waals surface area contributed by atoms with Gasteiger partial charge in [-0.05, 0) is 41.7 Å². The summed E-state index contributed by atoms with van der Waals surface area (Å²) in [4.78, 5) is 26.8. The molecule has 5 nitrogen and oxygen atoms in total. The SMILES string of the molecule is CNC(=O)[C@H](C)N(Cc1ccc(Cl)cc1Cl)C(=O)COc1ccccc1C(C)(C)C. The number of rotatable bonds is 7. The van der Waals surface area contributed by atoms with Crippen molar-refractivity contribution in [2.24, 2.45) is 0 Å². The molecule has 0 saturated heterocycles. The number of carbonyl (C=O) groups excluding carboxylic acids is 2. The Balaban J connectivity index is 2.24. The summed E-state index contributed by atoms with van der Waals surface area (Å²) in [5.41, 5.74) is 1.57. The van der Waals surface area contributed by atoms with Crippen molar-refractivity contribution in [3.8, 4) is 5.75 Å². The Bertz CT molecular complexity index is 910. The molecule has 0 heterocycles. The van der Waals surface area contributed by atoms with Crippen LogP contribution in [-0.4, -0.2) is 36.4 Å². The third-order valence-electron chi connectivity index (χ3n) is 4.82. The second kappa shape index (κ2) is 10.2. The van der Waals surface area contributed by atoms with Crippen molar-refractivity contribution >= 4 is 35.0 Å². The fourth-order valence-electron chi connectivity index (χ4n) is 3.06. The Labute approximate surface area is 188 Å². The standard InChI is InChI=1S/C23H28Cl2N2O3/c1-15(22(29)26-5)27(13-16-10-11-17(24)12-19(16)25)21(28)14-30-20-9-7-6-8-18(20)23(2,3)4/h6-12,15H,13-14H2,1-5H3,(H,26,29)/t15-/m0/s1. The van der Waals surface area contributed by atoms with E-state index < -0.39 is 6.04 Å². The van der Waals surface area contributed by atoms with Gasteiger partial charge in [-0.3, -0.25) is 9.59 Å². The van der Waals surface area contributed by atoms with Gasteiger partial charge in [-0.2, -0.15) is 0 Å². The molecule has 0 aliphatic heterocycles. The van der Waals surface area contributed by atoms with E-state index in [0.717, 1.165) is 5.56 Å². The Morgan fingerprint density at radius 1 is 1.13 bits per heavy atom. The van der Waals surface area contributed by atoms with Gasteiger partial charge in [0.05, 0.1) is 0 Å². The molecule has 0 saturated carbocycles. The summed E-state index contributed by atoms with van der Waals surface area (Å²) in [6.45, 7) is 7.88. The molecule has 0 fully saturated rings. The zero-order valence-electron chi connectivity index (χ0n) is 18.0. The van der Waals surface area contributed by atoms with Crippen molar-refractivity contribution < 1.29 is 14.3 Å². The quantitative estimate of drug-likeness (QED) is 0.656. The molecule has 0 spiro atoms. The van der Waals surface area contributed by atoms with Crippen molar-refractivity contribution in [3.63, 3.8) is 0 Å². The number of nitrogens with zero attached hydrogens (tertiary/aromatic N) is 1. The van der Waals surface area contributed by atoms with Crippen LogP contribution in [0.15, 0.2) is 42.5 Å². The minimum Gasteiger partial charge on any atom is -0.483 e. The largest absolute Gasteiger partial charge is 0.483 e. The second-order valence-electron chi connectivity index (χ2n) is 8.08. The van der Waals surface area contributed by atoms with Gasteiger partial charge in [0.2, 0.25) is 5.91 Å². The highest BCUT2D eigenvalue weighted by Gasteiger charge is 2.27. The molecule has 162 valence electrons. The molecule has 2 rings (SSSR count). The molecule has 0 aliphatic rings. The van der Waals surface area contributed by atoms with Crippen LogP contribution >= 0.6 is 23.2 Å². The third kappa shape index (κ3) is 6.13. The fraction of sp³-hybridized carbons (Fsp3) is 0.391. The van der Waals surface area contributed by atoms with E-state index in [1.807, 2.05) is 24.3 Å². The molecule has 30 heavy (non-hydrogen) atoms. The third-order valence-corrected chi connectivity index (χ3v) is 5.40. The lowest BCUT2D eigenvalue weighted by Gasteiger charge is -2.29. The number of hydrogen-bond donors (Lipinski definition) is 1. The molecule has 0 unspecified atom stereocenters. The van der Waals surface area contributed by atoms with E-state index in [0.29, 0.717) is 21.4 Å². The van der Waals surface area contributed by atoms with Crippen LogP contribution in [0.2, 0.25) is 10.0 Å². The number of halogens is 2. The van der Waals surface area contributed by atoms with E-state index in [1.54, 1.807) is 25.1 Å². The predicted molar refractivity (Wildman–Crippen MR) is 121 cm³/mol. The number of carbonyl (C=O) groups is 2. The number of amides is 2. The van der Waals surface area contributed by atoms with E-state index in [9.17, 15) is 9.59 Å². The Hall–Kier alpha value is -2.24. The average molecular weight is 451 g/mol. The summed E-state index contributed by atoms with van der Waals surface area (Å²) in [5.74, 6) is 0.0554. The zero-order chi connectivity index (χ0) is 22.5. The molecule has 2 aromatic rings. The summed E-state index contributed by atoms with van der Waals surface area (Å²) in [6.07, 6.45) is 0. The van der Waals surface area contributed by atoms with E-state index in [4.69, 9.17) is 27.9 Å². The first-order valence-corrected chi connectivity index (χ1v) is 10.5. The highest BCUT2D eigenvalue weighted by molar-refractivity contribution is 6.35. The van der Waals surface area contributed by atoms with E-state index >= 15 is 0 Å². The van der Waals surface area contributed by atoms with Crippen molar-refractivity contribution in [2.45, 2.75) is 45.7 Å². The summed E-state index contributed by atoms with van der Waals surface area (Å²) in [6, 6.07) is 12.0. The minimum absolute atomic E-state index is 0.133. The number of benzene rings is 2. The van der Waals surface area contributed by atoms with Crippen LogP contribution in [0.5, 0.6) is 5.75 Å². The van der Waals surface area contributed by atoms with Gasteiger partial charge in [0.1, 0.15) is 11.8 Å². The van der Waals surface area contributed by atoms with Crippen LogP contribution in [0.3, 0.4) is 0 Å². The van der Waals surface area contributed by atoms with Crippen LogP contribution < -0.4 is 10.1 Å². The summed E-state index contributed by atoms with van der Waals surface area (Å²) in [5, 5.41) is 3.52. The van der Waals surface area contributed by atoms with Crippen LogP contribution in [-0.2, 0) is 21.5 Å². The van der Waals surface area contributed by atoms with Gasteiger partial charge in [0.25, 0.3) is 5.91 Å². The Morgan fingerprint density at radius 3 is 2.40 bits per heavy atom. The Kier molecular flexibility index (Phi) is 8.16. The summed E-state index contributed by atoms with van der Waals surface area (Å²) < 4.78 is 5.88. The van der Waals surface area contributed by atoms with E-state index in [2.05, 4.69) is 26.1 Å². The van der Waals surface area contributed by atoms with Gasteiger partial charge in [0, 0.05) is 23.6 Å². The number of likely N-dealkylation sites (N-methyl/N-ethyl adjacent to an activating group) is 1. The molecule has 2 amide bonds. The number of hydrogen-bond acceptors (Lipinski definition) is 3. The lowest BCUT2D eigenvalue weighted by molar-refractivity contribution is -0.142. The van der Waals surface area contributed by atoms with Crippen LogP contribution in [0.1, 0.15) is 38.8 Å². The first kappa shape index (κ1) is 24.0. The molecule has 2 aromatic carbocycles. The molecule has 0 aliphatic carbocycles. The summed E-state index contributed by atoms with van der Waals surface area (Å²) in [7, 11) is 1.53. The fourth-order valence-corrected chi connectivity index (χ4v) is 3.53. The normalized spacial score (nSPS) is 12.2. The lowest BCUT2D eigenvalue weighted by Crippen LogP contribution is -2.48. The van der Waals surface area contributed by atoms with Gasteiger partial charge in [0.15, 0.2) is 6.61 Å². The molecule has 0 bridgehead atoms. The molecule has 0 radical (unpaired) electrons.